The van der Waals surface area contributed by atoms with Crippen molar-refractivity contribution in [2.24, 2.45) is 5.92 Å². The number of carbonyl (C=O) groups excluding carboxylic acids is 1. The summed E-state index contributed by atoms with van der Waals surface area (Å²) in [4.78, 5) is 25.9. The summed E-state index contributed by atoms with van der Waals surface area (Å²) < 4.78 is 5.82. The molecule has 29 heavy (non-hydrogen) atoms. The van der Waals surface area contributed by atoms with Gasteiger partial charge in [0.2, 0.25) is 11.8 Å². The first-order chi connectivity index (χ1) is 14.1. The molecule has 0 unspecified atom stereocenters. The van der Waals surface area contributed by atoms with Crippen LogP contribution in [0.15, 0.2) is 23.0 Å². The van der Waals surface area contributed by atoms with E-state index in [0.717, 1.165) is 47.8 Å². The molecule has 0 atom stereocenters. The monoisotopic (exact) mass is 412 g/mol. The fraction of sp³-hybridized carbons (Fsp3) is 0.500. The number of nitrogens with one attached hydrogen (secondary N) is 1. The molecule has 152 valence electrons. The molecule has 3 aromatic rings. The fourth-order valence-corrected chi connectivity index (χ4v) is 4.67. The van der Waals surface area contributed by atoms with Crippen molar-refractivity contribution in [3.05, 3.63) is 40.1 Å². The molecule has 0 aromatic carbocycles. The molecule has 1 saturated carbocycles. The minimum absolute atomic E-state index is 0.0735. The Morgan fingerprint density at radius 1 is 1.21 bits per heavy atom. The number of aryl methyl sites for hydroxylation is 2. The van der Waals surface area contributed by atoms with Gasteiger partial charge in [-0.25, -0.2) is 9.97 Å². The van der Waals surface area contributed by atoms with Gasteiger partial charge in [0, 0.05) is 29.7 Å². The van der Waals surface area contributed by atoms with E-state index in [4.69, 9.17) is 4.42 Å². The van der Waals surface area contributed by atoms with Crippen LogP contribution in [0.4, 0.5) is 0 Å². The summed E-state index contributed by atoms with van der Waals surface area (Å²) in [5.41, 5.74) is 1.55. The summed E-state index contributed by atoms with van der Waals surface area (Å²) in [5, 5.41) is 12.4. The number of rotatable bonds is 6. The van der Waals surface area contributed by atoms with Gasteiger partial charge in [-0.1, -0.05) is 0 Å². The zero-order chi connectivity index (χ0) is 20.2. The Balaban J connectivity index is 1.24. The third-order valence-electron chi connectivity index (χ3n) is 5.33. The topological polar surface area (TPSA) is 107 Å². The van der Waals surface area contributed by atoms with Gasteiger partial charge in [-0.15, -0.1) is 21.5 Å². The van der Waals surface area contributed by atoms with Gasteiger partial charge < -0.3 is 9.73 Å². The van der Waals surface area contributed by atoms with Crippen molar-refractivity contribution in [2.45, 2.75) is 51.9 Å². The van der Waals surface area contributed by atoms with Gasteiger partial charge in [0.05, 0.1) is 23.3 Å². The Morgan fingerprint density at radius 2 is 2.03 bits per heavy atom. The van der Waals surface area contributed by atoms with Crippen molar-refractivity contribution in [3.63, 3.8) is 0 Å². The van der Waals surface area contributed by atoms with Gasteiger partial charge in [0.15, 0.2) is 0 Å². The van der Waals surface area contributed by atoms with Crippen LogP contribution in [-0.2, 0) is 11.2 Å². The van der Waals surface area contributed by atoms with Crippen LogP contribution in [0.1, 0.15) is 53.1 Å². The number of aromatic nitrogens is 5. The normalized spacial score (nSPS) is 19.2. The van der Waals surface area contributed by atoms with Crippen LogP contribution in [0, 0.1) is 19.8 Å². The largest absolute Gasteiger partial charge is 0.419 e. The van der Waals surface area contributed by atoms with E-state index < -0.39 is 0 Å². The SMILES string of the molecule is Cc1nc(C)c(CC(=O)NCC2CCC(c3nnc(-c4cnccn4)o3)CC2)s1. The summed E-state index contributed by atoms with van der Waals surface area (Å²) in [6.07, 6.45) is 9.28. The minimum atomic E-state index is 0.0735. The van der Waals surface area contributed by atoms with Crippen LogP contribution in [0.25, 0.3) is 11.6 Å². The van der Waals surface area contributed by atoms with Gasteiger partial charge in [-0.05, 0) is 45.4 Å². The molecule has 1 N–H and O–H groups in total. The summed E-state index contributed by atoms with van der Waals surface area (Å²) in [6.45, 7) is 4.65. The zero-order valence-corrected chi connectivity index (χ0v) is 17.4. The maximum absolute atomic E-state index is 12.3. The summed E-state index contributed by atoms with van der Waals surface area (Å²) in [6, 6.07) is 0. The van der Waals surface area contributed by atoms with E-state index in [-0.39, 0.29) is 11.8 Å². The van der Waals surface area contributed by atoms with Crippen LogP contribution in [0.3, 0.4) is 0 Å². The molecule has 0 spiro atoms. The molecule has 4 rings (SSSR count). The second-order valence-corrected chi connectivity index (χ2v) is 8.76. The average molecular weight is 413 g/mol. The van der Waals surface area contributed by atoms with E-state index >= 15 is 0 Å². The summed E-state index contributed by atoms with van der Waals surface area (Å²) in [7, 11) is 0. The van der Waals surface area contributed by atoms with Gasteiger partial charge in [-0.3, -0.25) is 9.78 Å². The molecule has 0 bridgehead atoms. The smallest absolute Gasteiger partial charge is 0.267 e. The van der Waals surface area contributed by atoms with Gasteiger partial charge >= 0.3 is 0 Å². The third kappa shape index (κ3) is 4.84. The highest BCUT2D eigenvalue weighted by Gasteiger charge is 2.27. The quantitative estimate of drug-likeness (QED) is 0.662. The first-order valence-electron chi connectivity index (χ1n) is 9.88. The lowest BCUT2D eigenvalue weighted by molar-refractivity contribution is -0.120. The maximum atomic E-state index is 12.3. The number of amides is 1. The molecule has 9 heteroatoms. The molecule has 1 fully saturated rings. The van der Waals surface area contributed by atoms with Crippen LogP contribution in [0.5, 0.6) is 0 Å². The molecule has 1 aliphatic rings. The van der Waals surface area contributed by atoms with Gasteiger partial charge in [0.25, 0.3) is 5.89 Å². The molecule has 0 saturated heterocycles. The number of nitrogens with zero attached hydrogens (tertiary/aromatic N) is 5. The van der Waals surface area contributed by atoms with Crippen molar-refractivity contribution in [1.29, 1.82) is 0 Å². The van der Waals surface area contributed by atoms with Gasteiger partial charge in [-0.2, -0.15) is 0 Å². The van der Waals surface area contributed by atoms with Crippen LogP contribution >= 0.6 is 11.3 Å². The molecule has 8 nitrogen and oxygen atoms in total. The van der Waals surface area contributed by atoms with Crippen molar-refractivity contribution < 1.29 is 9.21 Å². The number of thiazole rings is 1. The highest BCUT2D eigenvalue weighted by Crippen LogP contribution is 2.35. The Labute approximate surface area is 173 Å². The van der Waals surface area contributed by atoms with Gasteiger partial charge in [0.1, 0.15) is 5.69 Å². The molecular weight excluding hydrogens is 388 g/mol. The number of hydrogen-bond acceptors (Lipinski definition) is 8. The van der Waals surface area contributed by atoms with E-state index in [2.05, 4.69) is 30.5 Å². The van der Waals surface area contributed by atoms with E-state index in [1.165, 1.54) is 0 Å². The molecule has 0 aliphatic heterocycles. The highest BCUT2D eigenvalue weighted by molar-refractivity contribution is 7.11. The van der Waals surface area contributed by atoms with Crippen LogP contribution in [-0.4, -0.2) is 37.6 Å². The summed E-state index contributed by atoms with van der Waals surface area (Å²) in [5.74, 6) is 1.91. The van der Waals surface area contributed by atoms with Crippen molar-refractivity contribution in [2.75, 3.05) is 6.54 Å². The molecule has 1 aliphatic carbocycles. The van der Waals surface area contributed by atoms with E-state index in [0.29, 0.717) is 29.8 Å². The average Bonchev–Trinajstić information content (AvgIpc) is 3.34. The zero-order valence-electron chi connectivity index (χ0n) is 16.6. The number of hydrogen-bond donors (Lipinski definition) is 1. The van der Waals surface area contributed by atoms with E-state index in [1.807, 2.05) is 13.8 Å². The maximum Gasteiger partial charge on any atom is 0.267 e. The first kappa shape index (κ1) is 19.6. The predicted octanol–water partition coefficient (Wildman–Crippen LogP) is 3.23. The second kappa shape index (κ2) is 8.77. The summed E-state index contributed by atoms with van der Waals surface area (Å²) >= 11 is 1.60. The molecule has 3 aromatic heterocycles. The Bertz CT molecular complexity index is 963. The third-order valence-corrected chi connectivity index (χ3v) is 6.40. The molecular formula is C20H24N6O2S. The standard InChI is InChI=1S/C20H24N6O2S/c1-12-17(29-13(2)24-12)9-18(27)23-10-14-3-5-15(6-4-14)19-25-26-20(28-19)16-11-21-7-8-22-16/h7-8,11,14-15H,3-6,9-10H2,1-2H3,(H,23,27). The number of carbonyl (C=O) groups is 1. The van der Waals surface area contributed by atoms with Crippen LogP contribution < -0.4 is 5.32 Å². The molecule has 3 heterocycles. The molecule has 0 radical (unpaired) electrons. The van der Waals surface area contributed by atoms with E-state index in [1.54, 1.807) is 29.9 Å². The van der Waals surface area contributed by atoms with Crippen molar-refractivity contribution >= 4 is 17.2 Å². The Hall–Kier alpha value is -2.68. The minimum Gasteiger partial charge on any atom is -0.419 e. The highest BCUT2D eigenvalue weighted by atomic mass is 32.1. The first-order valence-corrected chi connectivity index (χ1v) is 10.7. The van der Waals surface area contributed by atoms with Crippen molar-refractivity contribution in [1.82, 2.24) is 30.5 Å². The predicted molar refractivity (Wildman–Crippen MR) is 108 cm³/mol. The Morgan fingerprint density at radius 3 is 2.72 bits per heavy atom. The fourth-order valence-electron chi connectivity index (χ4n) is 3.73. The Kier molecular flexibility index (Phi) is 5.94. The van der Waals surface area contributed by atoms with Crippen molar-refractivity contribution in [3.8, 4) is 11.6 Å². The van der Waals surface area contributed by atoms with Crippen LogP contribution in [0.2, 0.25) is 0 Å². The second-order valence-electron chi connectivity index (χ2n) is 7.48. The van der Waals surface area contributed by atoms with E-state index in [9.17, 15) is 4.79 Å². The lowest BCUT2D eigenvalue weighted by Gasteiger charge is -2.26. The molecule has 1 amide bonds. The lowest BCUT2D eigenvalue weighted by Crippen LogP contribution is -2.32. The lowest BCUT2D eigenvalue weighted by atomic mass is 9.82.